The molecule has 4 saturated carbocycles. The fraction of sp³-hybridized carbons (Fsp3) is 0.667. The Morgan fingerprint density at radius 2 is 1.43 bits per heavy atom. The minimum absolute atomic E-state index is 0.253. The molecular formula is C24H32O4. The van der Waals surface area contributed by atoms with Gasteiger partial charge in [-0.3, -0.25) is 0 Å². The van der Waals surface area contributed by atoms with Gasteiger partial charge in [-0.05, 0) is 86.2 Å². The van der Waals surface area contributed by atoms with Gasteiger partial charge in [0.2, 0.25) is 0 Å². The first-order valence-corrected chi connectivity index (χ1v) is 10.9. The molecule has 4 bridgehead atoms. The molecule has 1 aromatic rings. The maximum Gasteiger partial charge on any atom is 0.339 e. The van der Waals surface area contributed by atoms with E-state index in [0.717, 1.165) is 24.2 Å². The van der Waals surface area contributed by atoms with Crippen LogP contribution in [0.15, 0.2) is 24.3 Å². The van der Waals surface area contributed by atoms with Crippen LogP contribution in [0.2, 0.25) is 0 Å². The van der Waals surface area contributed by atoms with Gasteiger partial charge in [0.15, 0.2) is 0 Å². The average Bonchev–Trinajstić information content (AvgIpc) is 2.64. The SMILES string of the molecule is CC(C)COC(=O)c1ccccc1C(=O)OCCC12CC3CC(CC(C3)C1)C2. The Morgan fingerprint density at radius 3 is 1.93 bits per heavy atom. The van der Waals surface area contributed by atoms with E-state index < -0.39 is 11.9 Å². The van der Waals surface area contributed by atoms with Gasteiger partial charge in [-0.25, -0.2) is 9.59 Å². The molecule has 0 saturated heterocycles. The highest BCUT2D eigenvalue weighted by Crippen LogP contribution is 2.61. The molecule has 4 aliphatic rings. The average molecular weight is 385 g/mol. The molecule has 0 heterocycles. The second-order valence-electron chi connectivity index (χ2n) is 9.84. The van der Waals surface area contributed by atoms with Gasteiger partial charge in [-0.2, -0.15) is 0 Å². The number of hydrogen-bond donors (Lipinski definition) is 0. The van der Waals surface area contributed by atoms with Crippen LogP contribution in [0.25, 0.3) is 0 Å². The summed E-state index contributed by atoms with van der Waals surface area (Å²) in [7, 11) is 0. The van der Waals surface area contributed by atoms with E-state index in [1.165, 1.54) is 38.5 Å². The van der Waals surface area contributed by atoms with Crippen LogP contribution in [0.1, 0.15) is 79.5 Å². The highest BCUT2D eigenvalue weighted by Gasteiger charge is 2.50. The maximum atomic E-state index is 12.7. The first kappa shape index (κ1) is 19.5. The molecule has 0 N–H and O–H groups in total. The van der Waals surface area contributed by atoms with Gasteiger partial charge in [-0.15, -0.1) is 0 Å². The molecule has 0 aromatic heterocycles. The molecule has 5 rings (SSSR count). The van der Waals surface area contributed by atoms with E-state index in [0.29, 0.717) is 29.8 Å². The summed E-state index contributed by atoms with van der Waals surface area (Å²) in [4.78, 5) is 25.0. The number of hydrogen-bond acceptors (Lipinski definition) is 4. The van der Waals surface area contributed by atoms with Crippen molar-refractivity contribution in [3.63, 3.8) is 0 Å². The third-order valence-electron chi connectivity index (χ3n) is 6.95. The van der Waals surface area contributed by atoms with Crippen molar-refractivity contribution in [3.05, 3.63) is 35.4 Å². The van der Waals surface area contributed by atoms with Crippen LogP contribution in [0.5, 0.6) is 0 Å². The van der Waals surface area contributed by atoms with E-state index in [9.17, 15) is 9.59 Å². The van der Waals surface area contributed by atoms with Crippen LogP contribution in [0.3, 0.4) is 0 Å². The van der Waals surface area contributed by atoms with Gasteiger partial charge < -0.3 is 9.47 Å². The van der Waals surface area contributed by atoms with Crippen molar-refractivity contribution in [2.45, 2.75) is 58.8 Å². The lowest BCUT2D eigenvalue weighted by molar-refractivity contribution is -0.0653. The van der Waals surface area contributed by atoms with Crippen molar-refractivity contribution in [1.29, 1.82) is 0 Å². The Hall–Kier alpha value is -1.84. The van der Waals surface area contributed by atoms with Crippen molar-refractivity contribution < 1.29 is 19.1 Å². The molecule has 4 heteroatoms. The smallest absolute Gasteiger partial charge is 0.339 e. The molecule has 0 spiro atoms. The van der Waals surface area contributed by atoms with Crippen LogP contribution in [0.4, 0.5) is 0 Å². The predicted octanol–water partition coefficient (Wildman–Crippen LogP) is 5.26. The van der Waals surface area contributed by atoms with Crippen molar-refractivity contribution in [2.75, 3.05) is 13.2 Å². The predicted molar refractivity (Wildman–Crippen MR) is 107 cm³/mol. The van der Waals surface area contributed by atoms with Crippen molar-refractivity contribution in [2.24, 2.45) is 29.1 Å². The number of rotatable bonds is 7. The van der Waals surface area contributed by atoms with Gasteiger partial charge in [0.05, 0.1) is 24.3 Å². The minimum atomic E-state index is -0.456. The Labute approximate surface area is 168 Å². The summed E-state index contributed by atoms with van der Waals surface area (Å²) in [5, 5.41) is 0. The number of benzene rings is 1. The molecule has 0 amide bonds. The first-order chi connectivity index (χ1) is 13.4. The van der Waals surface area contributed by atoms with Gasteiger partial charge >= 0.3 is 11.9 Å². The van der Waals surface area contributed by atoms with Crippen molar-refractivity contribution in [1.82, 2.24) is 0 Å². The standard InChI is InChI=1S/C24H32O4/c1-16(2)15-28-23(26)21-6-4-3-5-20(21)22(25)27-8-7-24-12-17-9-18(13-24)11-19(10-17)14-24/h3-6,16-19H,7-15H2,1-2H3. The highest BCUT2D eigenvalue weighted by atomic mass is 16.5. The molecule has 0 unspecified atom stereocenters. The first-order valence-electron chi connectivity index (χ1n) is 10.9. The van der Waals surface area contributed by atoms with E-state index in [2.05, 4.69) is 0 Å². The summed E-state index contributed by atoms with van der Waals surface area (Å²) >= 11 is 0. The summed E-state index contributed by atoms with van der Waals surface area (Å²) in [6, 6.07) is 6.80. The minimum Gasteiger partial charge on any atom is -0.462 e. The molecule has 152 valence electrons. The van der Waals surface area contributed by atoms with E-state index in [4.69, 9.17) is 9.47 Å². The van der Waals surface area contributed by atoms with Crippen LogP contribution in [0, 0.1) is 29.1 Å². The monoisotopic (exact) mass is 384 g/mol. The van der Waals surface area contributed by atoms with Crippen LogP contribution in [-0.2, 0) is 9.47 Å². The number of esters is 2. The largest absolute Gasteiger partial charge is 0.462 e. The quantitative estimate of drug-likeness (QED) is 0.602. The van der Waals surface area contributed by atoms with Crippen molar-refractivity contribution >= 4 is 11.9 Å². The summed E-state index contributed by atoms with van der Waals surface area (Å²) in [5.74, 6) is 2.09. The molecule has 4 nitrogen and oxygen atoms in total. The molecule has 0 atom stereocenters. The molecule has 0 radical (unpaired) electrons. The third-order valence-corrected chi connectivity index (χ3v) is 6.95. The third kappa shape index (κ3) is 4.11. The summed E-state index contributed by atoms with van der Waals surface area (Å²) in [6.45, 7) is 4.75. The molecule has 0 aliphatic heterocycles. The summed E-state index contributed by atoms with van der Waals surface area (Å²) in [6.07, 6.45) is 9.17. The normalized spacial score (nSPS) is 30.5. The van der Waals surface area contributed by atoms with Gasteiger partial charge in [0.25, 0.3) is 0 Å². The Morgan fingerprint density at radius 1 is 0.929 bits per heavy atom. The highest BCUT2D eigenvalue weighted by molar-refractivity contribution is 6.03. The number of carbonyl (C=O) groups is 2. The van der Waals surface area contributed by atoms with E-state index in [1.807, 2.05) is 13.8 Å². The number of carbonyl (C=O) groups excluding carboxylic acids is 2. The fourth-order valence-electron chi connectivity index (χ4n) is 6.19. The van der Waals surface area contributed by atoms with E-state index in [-0.39, 0.29) is 5.92 Å². The zero-order chi connectivity index (χ0) is 19.7. The van der Waals surface area contributed by atoms with Crippen LogP contribution < -0.4 is 0 Å². The van der Waals surface area contributed by atoms with Gasteiger partial charge in [0, 0.05) is 0 Å². The lowest BCUT2D eigenvalue weighted by Gasteiger charge is -2.57. The molecule has 28 heavy (non-hydrogen) atoms. The zero-order valence-electron chi connectivity index (χ0n) is 17.1. The molecule has 1 aromatic carbocycles. The summed E-state index contributed by atoms with van der Waals surface area (Å²) in [5.41, 5.74) is 0.995. The second-order valence-corrected chi connectivity index (χ2v) is 9.84. The maximum absolute atomic E-state index is 12.7. The zero-order valence-corrected chi connectivity index (χ0v) is 17.1. The molecular weight excluding hydrogens is 352 g/mol. The lowest BCUT2D eigenvalue weighted by atomic mass is 9.49. The Kier molecular flexibility index (Phi) is 5.48. The van der Waals surface area contributed by atoms with Crippen molar-refractivity contribution in [3.8, 4) is 0 Å². The van der Waals surface area contributed by atoms with Gasteiger partial charge in [-0.1, -0.05) is 26.0 Å². The van der Waals surface area contributed by atoms with Gasteiger partial charge in [0.1, 0.15) is 0 Å². The van der Waals surface area contributed by atoms with Crippen LogP contribution >= 0.6 is 0 Å². The summed E-state index contributed by atoms with van der Waals surface area (Å²) < 4.78 is 10.9. The molecule has 4 fully saturated rings. The topological polar surface area (TPSA) is 52.6 Å². The van der Waals surface area contributed by atoms with E-state index in [1.54, 1.807) is 24.3 Å². The second kappa shape index (κ2) is 7.88. The Bertz CT molecular complexity index is 701. The van der Waals surface area contributed by atoms with Crippen LogP contribution in [-0.4, -0.2) is 25.2 Å². The lowest BCUT2D eigenvalue weighted by Crippen LogP contribution is -2.46. The number of ether oxygens (including phenoxy) is 2. The fourth-order valence-corrected chi connectivity index (χ4v) is 6.19. The Balaban J connectivity index is 1.35. The molecule has 4 aliphatic carbocycles. The van der Waals surface area contributed by atoms with E-state index >= 15 is 0 Å².